The third kappa shape index (κ3) is 2.20. The molecule has 0 saturated heterocycles. The molecule has 0 aromatic carbocycles. The maximum absolute atomic E-state index is 4.25. The van der Waals surface area contributed by atoms with Crippen LogP contribution in [0.4, 0.5) is 5.69 Å². The Balaban J connectivity index is 1.96. The molecule has 0 amide bonds. The number of hydrogen-bond acceptors (Lipinski definition) is 2. The largest absolute Gasteiger partial charge is 0.381 e. The minimum atomic E-state index is 0.601. The van der Waals surface area contributed by atoms with Gasteiger partial charge in [-0.05, 0) is 44.7 Å². The van der Waals surface area contributed by atoms with Crippen LogP contribution in [0.5, 0.6) is 0 Å². The van der Waals surface area contributed by atoms with Gasteiger partial charge in [0.05, 0.1) is 11.9 Å². The quantitative estimate of drug-likeness (QED) is 0.765. The molecule has 1 aliphatic rings. The minimum Gasteiger partial charge on any atom is -0.381 e. The van der Waals surface area contributed by atoms with Crippen molar-refractivity contribution < 1.29 is 0 Å². The number of hydrogen-bond donors (Lipinski definition) is 1. The standard InChI is InChI=1S/C11H16N2/c1-8-3-6-11(7-12-8)13-9(2)10-4-5-10/h3,6-7,9-10,13H,4-5H2,1-2H3/t9-/m0/s1. The Morgan fingerprint density at radius 3 is 2.77 bits per heavy atom. The lowest BCUT2D eigenvalue weighted by atomic mass is 10.2. The Bertz CT molecular complexity index is 275. The van der Waals surface area contributed by atoms with E-state index < -0.39 is 0 Å². The molecule has 1 aromatic rings. The number of nitrogens with zero attached hydrogens (tertiary/aromatic N) is 1. The van der Waals surface area contributed by atoms with Gasteiger partial charge in [0.2, 0.25) is 0 Å². The lowest BCUT2D eigenvalue weighted by Gasteiger charge is -2.13. The summed E-state index contributed by atoms with van der Waals surface area (Å²) in [5, 5.41) is 3.47. The molecule has 1 aliphatic carbocycles. The van der Waals surface area contributed by atoms with Crippen molar-refractivity contribution in [1.82, 2.24) is 4.98 Å². The first-order valence-corrected chi connectivity index (χ1v) is 4.95. The van der Waals surface area contributed by atoms with Crippen molar-refractivity contribution in [2.24, 2.45) is 5.92 Å². The SMILES string of the molecule is Cc1ccc(N[C@@H](C)C2CC2)cn1. The molecule has 70 valence electrons. The van der Waals surface area contributed by atoms with Gasteiger partial charge in [-0.15, -0.1) is 0 Å². The highest BCUT2D eigenvalue weighted by molar-refractivity contribution is 5.42. The van der Waals surface area contributed by atoms with Crippen LogP contribution in [0.1, 0.15) is 25.5 Å². The van der Waals surface area contributed by atoms with Gasteiger partial charge in [0.25, 0.3) is 0 Å². The number of anilines is 1. The second-order valence-corrected chi connectivity index (χ2v) is 3.96. The Kier molecular flexibility index (Phi) is 2.21. The molecule has 0 aliphatic heterocycles. The zero-order valence-electron chi connectivity index (χ0n) is 8.25. The van der Waals surface area contributed by atoms with E-state index in [1.807, 2.05) is 19.2 Å². The molecule has 13 heavy (non-hydrogen) atoms. The van der Waals surface area contributed by atoms with Gasteiger partial charge in [0.15, 0.2) is 0 Å². The summed E-state index contributed by atoms with van der Waals surface area (Å²) in [5.74, 6) is 0.890. The summed E-state index contributed by atoms with van der Waals surface area (Å²) in [5.41, 5.74) is 2.22. The van der Waals surface area contributed by atoms with E-state index in [9.17, 15) is 0 Å². The van der Waals surface area contributed by atoms with Gasteiger partial charge in [0, 0.05) is 11.7 Å². The van der Waals surface area contributed by atoms with E-state index in [1.165, 1.54) is 12.8 Å². The fraction of sp³-hybridized carbons (Fsp3) is 0.545. The molecular weight excluding hydrogens is 160 g/mol. The van der Waals surface area contributed by atoms with Crippen molar-refractivity contribution in [1.29, 1.82) is 0 Å². The van der Waals surface area contributed by atoms with E-state index in [0.717, 1.165) is 17.3 Å². The number of nitrogens with one attached hydrogen (secondary N) is 1. The summed E-state index contributed by atoms with van der Waals surface area (Å²) in [7, 11) is 0. The minimum absolute atomic E-state index is 0.601. The smallest absolute Gasteiger partial charge is 0.0529 e. The molecular formula is C11H16N2. The summed E-state index contributed by atoms with van der Waals surface area (Å²) < 4.78 is 0. The van der Waals surface area contributed by atoms with E-state index in [2.05, 4.69) is 23.3 Å². The fourth-order valence-electron chi connectivity index (χ4n) is 1.53. The first-order chi connectivity index (χ1) is 6.25. The van der Waals surface area contributed by atoms with Crippen molar-refractivity contribution in [3.8, 4) is 0 Å². The van der Waals surface area contributed by atoms with E-state index >= 15 is 0 Å². The molecule has 1 atom stereocenters. The topological polar surface area (TPSA) is 24.9 Å². The van der Waals surface area contributed by atoms with E-state index in [0.29, 0.717) is 6.04 Å². The highest BCUT2D eigenvalue weighted by atomic mass is 14.9. The van der Waals surface area contributed by atoms with Crippen molar-refractivity contribution >= 4 is 5.69 Å². The average molecular weight is 176 g/mol. The number of rotatable bonds is 3. The van der Waals surface area contributed by atoms with Crippen LogP contribution in [0.15, 0.2) is 18.3 Å². The summed E-state index contributed by atoms with van der Waals surface area (Å²) in [6.07, 6.45) is 4.68. The molecule has 1 N–H and O–H groups in total. The fourth-order valence-corrected chi connectivity index (χ4v) is 1.53. The first-order valence-electron chi connectivity index (χ1n) is 4.95. The summed E-state index contributed by atoms with van der Waals surface area (Å²) in [4.78, 5) is 4.25. The number of aryl methyl sites for hydroxylation is 1. The first kappa shape index (κ1) is 8.54. The van der Waals surface area contributed by atoms with Crippen LogP contribution in [0.2, 0.25) is 0 Å². The lowest BCUT2D eigenvalue weighted by Crippen LogP contribution is -2.17. The van der Waals surface area contributed by atoms with E-state index in [1.54, 1.807) is 0 Å². The molecule has 0 unspecified atom stereocenters. The van der Waals surface area contributed by atoms with Gasteiger partial charge in [-0.25, -0.2) is 0 Å². The van der Waals surface area contributed by atoms with Gasteiger partial charge in [0.1, 0.15) is 0 Å². The third-order valence-electron chi connectivity index (χ3n) is 2.63. The maximum atomic E-state index is 4.25. The predicted molar refractivity (Wildman–Crippen MR) is 54.8 cm³/mol. The van der Waals surface area contributed by atoms with Crippen molar-refractivity contribution in [3.05, 3.63) is 24.0 Å². The molecule has 1 fully saturated rings. The summed E-state index contributed by atoms with van der Waals surface area (Å²) in [6, 6.07) is 4.74. The van der Waals surface area contributed by atoms with Gasteiger partial charge in [-0.3, -0.25) is 4.98 Å². The molecule has 2 rings (SSSR count). The lowest BCUT2D eigenvalue weighted by molar-refractivity contribution is 0.693. The van der Waals surface area contributed by atoms with E-state index in [4.69, 9.17) is 0 Å². The van der Waals surface area contributed by atoms with Gasteiger partial charge in [-0.2, -0.15) is 0 Å². The van der Waals surface area contributed by atoms with Gasteiger partial charge < -0.3 is 5.32 Å². The Morgan fingerprint density at radius 1 is 1.46 bits per heavy atom. The van der Waals surface area contributed by atoms with E-state index in [-0.39, 0.29) is 0 Å². The Hall–Kier alpha value is -1.05. The Labute approximate surface area is 79.4 Å². The van der Waals surface area contributed by atoms with Crippen LogP contribution < -0.4 is 5.32 Å². The summed E-state index contributed by atoms with van der Waals surface area (Å²) in [6.45, 7) is 4.26. The normalized spacial score (nSPS) is 18.3. The second-order valence-electron chi connectivity index (χ2n) is 3.96. The zero-order chi connectivity index (χ0) is 9.26. The van der Waals surface area contributed by atoms with Gasteiger partial charge in [-0.1, -0.05) is 0 Å². The van der Waals surface area contributed by atoms with Crippen LogP contribution in [0.25, 0.3) is 0 Å². The predicted octanol–water partition coefficient (Wildman–Crippen LogP) is 2.60. The highest BCUT2D eigenvalue weighted by Gasteiger charge is 2.27. The molecule has 2 nitrogen and oxygen atoms in total. The van der Waals surface area contributed by atoms with Crippen LogP contribution in [0.3, 0.4) is 0 Å². The van der Waals surface area contributed by atoms with Crippen LogP contribution in [0, 0.1) is 12.8 Å². The van der Waals surface area contributed by atoms with Crippen molar-refractivity contribution in [2.45, 2.75) is 32.7 Å². The van der Waals surface area contributed by atoms with Gasteiger partial charge >= 0.3 is 0 Å². The number of pyridine rings is 1. The average Bonchev–Trinajstić information content (AvgIpc) is 2.91. The third-order valence-corrected chi connectivity index (χ3v) is 2.63. The molecule has 1 saturated carbocycles. The molecule has 0 bridgehead atoms. The molecule has 1 aromatic heterocycles. The summed E-state index contributed by atoms with van der Waals surface area (Å²) >= 11 is 0. The second kappa shape index (κ2) is 3.36. The monoisotopic (exact) mass is 176 g/mol. The highest BCUT2D eigenvalue weighted by Crippen LogP contribution is 2.33. The van der Waals surface area contributed by atoms with Crippen LogP contribution >= 0.6 is 0 Å². The van der Waals surface area contributed by atoms with Crippen molar-refractivity contribution in [3.63, 3.8) is 0 Å². The number of aromatic nitrogens is 1. The van der Waals surface area contributed by atoms with Crippen LogP contribution in [-0.4, -0.2) is 11.0 Å². The molecule has 0 radical (unpaired) electrons. The molecule has 2 heteroatoms. The maximum Gasteiger partial charge on any atom is 0.0529 e. The molecule has 1 heterocycles. The zero-order valence-corrected chi connectivity index (χ0v) is 8.25. The Morgan fingerprint density at radius 2 is 2.23 bits per heavy atom. The molecule has 0 spiro atoms. The van der Waals surface area contributed by atoms with Crippen LogP contribution in [-0.2, 0) is 0 Å². The van der Waals surface area contributed by atoms with Crippen molar-refractivity contribution in [2.75, 3.05) is 5.32 Å².